The molecule has 3 heterocycles. The molecule has 1 aromatic heterocycles. The van der Waals surface area contributed by atoms with E-state index in [2.05, 4.69) is 27.7 Å². The molecule has 10 nitrogen and oxygen atoms in total. The maximum absolute atomic E-state index is 13.8. The van der Waals surface area contributed by atoms with Gasteiger partial charge in [-0.2, -0.15) is 5.10 Å². The minimum Gasteiger partial charge on any atom is -0.394 e. The van der Waals surface area contributed by atoms with Crippen LogP contribution in [0.5, 0.6) is 0 Å². The SMILES string of the molecule is CCn1nccc1-c1ccc(C(CO)NC(=O)C2CCCN2C(=O)C(NC(=O)CC2CC3(CCN(C)CC3)C2)C(C)C)cc1. The molecule has 2 saturated heterocycles. The Labute approximate surface area is 261 Å². The first-order valence-corrected chi connectivity index (χ1v) is 16.4. The summed E-state index contributed by atoms with van der Waals surface area (Å²) < 4.78 is 1.91. The van der Waals surface area contributed by atoms with E-state index in [0.29, 0.717) is 37.1 Å². The predicted octanol–water partition coefficient (Wildman–Crippen LogP) is 3.36. The Hall–Kier alpha value is -3.24. The number of nitrogens with one attached hydrogen (secondary N) is 2. The molecule has 5 rings (SSSR count). The average molecular weight is 607 g/mol. The van der Waals surface area contributed by atoms with Crippen LogP contribution in [-0.2, 0) is 20.9 Å². The van der Waals surface area contributed by atoms with Crippen molar-refractivity contribution >= 4 is 17.7 Å². The van der Waals surface area contributed by atoms with Gasteiger partial charge in [-0.3, -0.25) is 19.1 Å². The summed E-state index contributed by atoms with van der Waals surface area (Å²) in [5.41, 5.74) is 3.20. The van der Waals surface area contributed by atoms with E-state index in [1.165, 1.54) is 12.8 Å². The number of likely N-dealkylation sites (tertiary alicyclic amines) is 2. The van der Waals surface area contributed by atoms with Gasteiger partial charge >= 0.3 is 0 Å². The number of aryl methyl sites for hydroxylation is 1. The van der Waals surface area contributed by atoms with Gasteiger partial charge in [-0.15, -0.1) is 0 Å². The van der Waals surface area contributed by atoms with Crippen molar-refractivity contribution in [3.8, 4) is 11.3 Å². The molecule has 1 aromatic carbocycles. The molecule has 0 bridgehead atoms. The number of aliphatic hydroxyl groups is 1. The van der Waals surface area contributed by atoms with Gasteiger partial charge in [-0.1, -0.05) is 38.1 Å². The summed E-state index contributed by atoms with van der Waals surface area (Å²) >= 11 is 0. The van der Waals surface area contributed by atoms with Gasteiger partial charge in [-0.05, 0) is 100 Å². The first kappa shape index (κ1) is 32.2. The summed E-state index contributed by atoms with van der Waals surface area (Å²) in [6.07, 6.45) is 8.10. The Morgan fingerprint density at radius 2 is 1.75 bits per heavy atom. The number of rotatable bonds is 11. The van der Waals surface area contributed by atoms with E-state index in [9.17, 15) is 19.5 Å². The summed E-state index contributed by atoms with van der Waals surface area (Å²) in [5, 5.41) is 20.5. The number of piperidine rings is 1. The van der Waals surface area contributed by atoms with E-state index in [4.69, 9.17) is 0 Å². The molecule has 3 atom stereocenters. The molecule has 3 aliphatic rings. The van der Waals surface area contributed by atoms with Crippen molar-refractivity contribution in [1.29, 1.82) is 0 Å². The zero-order valence-electron chi connectivity index (χ0n) is 26.8. The number of carbonyl (C=O) groups excluding carboxylic acids is 3. The molecule has 10 heteroatoms. The fourth-order valence-corrected chi connectivity index (χ4v) is 7.52. The van der Waals surface area contributed by atoms with Crippen LogP contribution in [0.4, 0.5) is 0 Å². The topological polar surface area (TPSA) is 120 Å². The molecule has 1 aliphatic carbocycles. The van der Waals surface area contributed by atoms with Crippen LogP contribution in [0.15, 0.2) is 36.5 Å². The highest BCUT2D eigenvalue weighted by Crippen LogP contribution is 2.53. The van der Waals surface area contributed by atoms with Crippen LogP contribution in [0.25, 0.3) is 11.3 Å². The molecule has 44 heavy (non-hydrogen) atoms. The summed E-state index contributed by atoms with van der Waals surface area (Å²) in [5.74, 6) is -0.288. The van der Waals surface area contributed by atoms with Gasteiger partial charge < -0.3 is 25.5 Å². The van der Waals surface area contributed by atoms with Gasteiger partial charge in [-0.25, -0.2) is 0 Å². The second-order valence-electron chi connectivity index (χ2n) is 13.7. The van der Waals surface area contributed by atoms with Gasteiger partial charge in [0.1, 0.15) is 12.1 Å². The normalized spacial score (nSPS) is 21.7. The van der Waals surface area contributed by atoms with Gasteiger partial charge in [0.25, 0.3) is 0 Å². The summed E-state index contributed by atoms with van der Waals surface area (Å²) in [6.45, 7) is 9.14. The lowest BCUT2D eigenvalue weighted by molar-refractivity contribution is -0.143. The highest BCUT2D eigenvalue weighted by molar-refractivity contribution is 5.93. The Morgan fingerprint density at radius 1 is 1.05 bits per heavy atom. The fourth-order valence-electron chi connectivity index (χ4n) is 7.52. The number of nitrogens with zero attached hydrogens (tertiary/aromatic N) is 4. The lowest BCUT2D eigenvalue weighted by Gasteiger charge is -2.52. The molecule has 3 amide bonds. The zero-order chi connectivity index (χ0) is 31.4. The minimum atomic E-state index is -0.675. The highest BCUT2D eigenvalue weighted by Gasteiger charge is 2.46. The van der Waals surface area contributed by atoms with Crippen LogP contribution in [0.1, 0.15) is 77.3 Å². The van der Waals surface area contributed by atoms with E-state index in [1.807, 2.05) is 55.8 Å². The number of amides is 3. The maximum Gasteiger partial charge on any atom is 0.246 e. The van der Waals surface area contributed by atoms with Gasteiger partial charge in [0.15, 0.2) is 0 Å². The Balaban J connectivity index is 1.17. The Kier molecular flexibility index (Phi) is 10.1. The van der Waals surface area contributed by atoms with Crippen molar-refractivity contribution in [2.24, 2.45) is 17.3 Å². The third kappa shape index (κ3) is 7.01. The van der Waals surface area contributed by atoms with Crippen LogP contribution in [0.3, 0.4) is 0 Å². The maximum atomic E-state index is 13.8. The molecule has 1 spiro atoms. The van der Waals surface area contributed by atoms with Crippen molar-refractivity contribution < 1.29 is 19.5 Å². The van der Waals surface area contributed by atoms with Crippen molar-refractivity contribution in [3.05, 3.63) is 42.1 Å². The lowest BCUT2D eigenvalue weighted by atomic mass is 9.57. The van der Waals surface area contributed by atoms with Gasteiger partial charge in [0.05, 0.1) is 18.3 Å². The van der Waals surface area contributed by atoms with Crippen molar-refractivity contribution in [1.82, 2.24) is 30.2 Å². The van der Waals surface area contributed by atoms with E-state index in [1.54, 1.807) is 11.1 Å². The number of aromatic nitrogens is 2. The van der Waals surface area contributed by atoms with Crippen molar-refractivity contribution in [2.75, 3.05) is 33.3 Å². The molecular weight excluding hydrogens is 556 g/mol. The van der Waals surface area contributed by atoms with Gasteiger partial charge in [0.2, 0.25) is 17.7 Å². The number of carbonyl (C=O) groups is 3. The fraction of sp³-hybridized carbons (Fsp3) is 0.647. The third-order valence-electron chi connectivity index (χ3n) is 10.2. The standard InChI is InChI=1S/C34H50N6O4/c1-5-40-28(12-15-35-40)26-10-8-25(9-11-26)27(22-41)36-32(43)29-7-6-16-39(29)33(44)31(23(2)3)37-30(42)19-24-20-34(21-24)13-17-38(4)18-14-34/h8-12,15,23-24,27,29,31,41H,5-7,13-14,16-22H2,1-4H3,(H,36,43)(H,37,42). The van der Waals surface area contributed by atoms with E-state index in [0.717, 1.165) is 49.3 Å². The average Bonchev–Trinajstić information content (AvgIpc) is 3.69. The largest absolute Gasteiger partial charge is 0.394 e. The van der Waals surface area contributed by atoms with Gasteiger partial charge in [0, 0.05) is 25.7 Å². The molecule has 1 saturated carbocycles. The lowest BCUT2D eigenvalue weighted by Crippen LogP contribution is -2.56. The van der Waals surface area contributed by atoms with Crippen molar-refractivity contribution in [2.45, 2.75) is 90.4 Å². The van der Waals surface area contributed by atoms with E-state index in [-0.39, 0.29) is 30.2 Å². The highest BCUT2D eigenvalue weighted by atomic mass is 16.3. The second-order valence-corrected chi connectivity index (χ2v) is 13.7. The van der Waals surface area contributed by atoms with Crippen LogP contribution in [-0.4, -0.2) is 87.8 Å². The number of hydrogen-bond acceptors (Lipinski definition) is 6. The first-order chi connectivity index (χ1) is 21.1. The molecule has 3 N–H and O–H groups in total. The molecule has 2 aromatic rings. The van der Waals surface area contributed by atoms with Crippen LogP contribution in [0.2, 0.25) is 0 Å². The first-order valence-electron chi connectivity index (χ1n) is 16.4. The Bertz CT molecular complexity index is 1290. The third-order valence-corrected chi connectivity index (χ3v) is 10.2. The second kappa shape index (κ2) is 13.8. The van der Waals surface area contributed by atoms with Crippen LogP contribution in [0, 0.1) is 17.3 Å². The van der Waals surface area contributed by atoms with E-state index < -0.39 is 18.1 Å². The molecular formula is C34H50N6O4. The molecule has 3 fully saturated rings. The van der Waals surface area contributed by atoms with Crippen LogP contribution < -0.4 is 10.6 Å². The minimum absolute atomic E-state index is 0.0733. The van der Waals surface area contributed by atoms with Crippen molar-refractivity contribution in [3.63, 3.8) is 0 Å². The Morgan fingerprint density at radius 3 is 2.39 bits per heavy atom. The zero-order valence-corrected chi connectivity index (χ0v) is 26.8. The molecule has 240 valence electrons. The molecule has 0 radical (unpaired) electrons. The van der Waals surface area contributed by atoms with Crippen LogP contribution >= 0.6 is 0 Å². The van der Waals surface area contributed by atoms with E-state index >= 15 is 0 Å². The number of benzene rings is 1. The summed E-state index contributed by atoms with van der Waals surface area (Å²) in [6, 6.07) is 7.79. The molecule has 3 unspecified atom stereocenters. The monoisotopic (exact) mass is 606 g/mol. The smallest absolute Gasteiger partial charge is 0.246 e. The summed E-state index contributed by atoms with van der Waals surface area (Å²) in [7, 11) is 2.17. The number of aliphatic hydroxyl groups excluding tert-OH is 1. The number of hydrogen-bond donors (Lipinski definition) is 3. The quantitative estimate of drug-likeness (QED) is 0.361. The predicted molar refractivity (Wildman–Crippen MR) is 169 cm³/mol. The summed E-state index contributed by atoms with van der Waals surface area (Å²) in [4.78, 5) is 44.4. The molecule has 2 aliphatic heterocycles.